The highest BCUT2D eigenvalue weighted by Gasteiger charge is 2.25. The molecule has 0 saturated heterocycles. The van der Waals surface area contributed by atoms with Gasteiger partial charge in [0, 0.05) is 42.7 Å². The van der Waals surface area contributed by atoms with Gasteiger partial charge in [-0.1, -0.05) is 53.8 Å². The van der Waals surface area contributed by atoms with E-state index in [0.29, 0.717) is 42.7 Å². The molecule has 4 aromatic rings. The third-order valence-corrected chi connectivity index (χ3v) is 6.74. The van der Waals surface area contributed by atoms with Gasteiger partial charge in [0.15, 0.2) is 5.69 Å². The molecule has 1 N–H and O–H groups in total. The number of amides is 2. The van der Waals surface area contributed by atoms with Crippen LogP contribution in [0.2, 0.25) is 5.15 Å². The Morgan fingerprint density at radius 3 is 2.62 bits per heavy atom. The van der Waals surface area contributed by atoms with Gasteiger partial charge in [-0.15, -0.1) is 0 Å². The van der Waals surface area contributed by atoms with Crippen molar-refractivity contribution in [1.29, 1.82) is 0 Å². The van der Waals surface area contributed by atoms with E-state index in [0.717, 1.165) is 34.4 Å². The molecule has 2 aromatic carbocycles. The van der Waals surface area contributed by atoms with Crippen LogP contribution in [-0.4, -0.2) is 46.8 Å². The molecular weight excluding hydrogens is 514 g/mol. The van der Waals surface area contributed by atoms with Crippen molar-refractivity contribution in [1.82, 2.24) is 20.1 Å². The van der Waals surface area contributed by atoms with E-state index < -0.39 is 0 Å². The SMILES string of the molecule is CN1C(=O)CCOc2cc(C#Cc3cccnc3)ccc21.O=C1NCCc2c1nn(Cc1ccccc1)c2Cl. The summed E-state index contributed by atoms with van der Waals surface area (Å²) in [6.07, 6.45) is 4.57. The first-order chi connectivity index (χ1) is 19.0. The molecule has 0 fully saturated rings. The fourth-order valence-electron chi connectivity index (χ4n) is 4.24. The van der Waals surface area contributed by atoms with Crippen LogP contribution in [0.1, 0.15) is 39.2 Å². The standard InChI is InChI=1S/C17H14N2O2.C13H12ClN3O/c1-19-15-7-6-13(4-5-14-3-2-9-18-12-14)11-16(15)21-10-8-17(19)20;14-12-10-6-7-15-13(18)11(10)16-17(12)8-9-4-2-1-3-5-9/h2-3,6-7,9,11-12H,8,10H2,1H3;1-5H,6-8H2,(H,15,18). The first-order valence-electron chi connectivity index (χ1n) is 12.5. The summed E-state index contributed by atoms with van der Waals surface area (Å²) >= 11 is 6.28. The zero-order valence-corrected chi connectivity index (χ0v) is 22.1. The van der Waals surface area contributed by atoms with Crippen molar-refractivity contribution >= 4 is 29.1 Å². The summed E-state index contributed by atoms with van der Waals surface area (Å²) in [4.78, 5) is 29.1. The van der Waals surface area contributed by atoms with Gasteiger partial charge in [-0.2, -0.15) is 5.10 Å². The Morgan fingerprint density at radius 2 is 1.85 bits per heavy atom. The Morgan fingerprint density at radius 1 is 1.03 bits per heavy atom. The molecule has 0 bridgehead atoms. The first-order valence-corrected chi connectivity index (χ1v) is 12.9. The molecule has 2 aliphatic rings. The monoisotopic (exact) mass is 539 g/mol. The number of hydrogen-bond donors (Lipinski definition) is 1. The van der Waals surface area contributed by atoms with E-state index in [2.05, 4.69) is 27.2 Å². The zero-order valence-electron chi connectivity index (χ0n) is 21.4. The fraction of sp³-hybridized carbons (Fsp3) is 0.200. The predicted octanol–water partition coefficient (Wildman–Crippen LogP) is 4.10. The normalized spacial score (nSPS) is 13.8. The fourth-order valence-corrected chi connectivity index (χ4v) is 4.53. The highest BCUT2D eigenvalue weighted by molar-refractivity contribution is 6.31. The maximum absolute atomic E-state index is 11.8. The average Bonchev–Trinajstić information content (AvgIpc) is 3.21. The van der Waals surface area contributed by atoms with Crippen LogP contribution in [0.4, 0.5) is 5.69 Å². The van der Waals surface area contributed by atoms with Crippen molar-refractivity contribution in [3.63, 3.8) is 0 Å². The van der Waals surface area contributed by atoms with Crippen molar-refractivity contribution in [3.8, 4) is 17.6 Å². The van der Waals surface area contributed by atoms with Gasteiger partial charge < -0.3 is 15.0 Å². The maximum Gasteiger partial charge on any atom is 0.272 e. The molecule has 2 amide bonds. The number of anilines is 1. The minimum Gasteiger partial charge on any atom is -0.491 e. The van der Waals surface area contributed by atoms with Crippen molar-refractivity contribution in [3.05, 3.63) is 106 Å². The molecular formula is C30H26ClN5O3. The lowest BCUT2D eigenvalue weighted by atomic mass is 10.1. The molecule has 6 rings (SSSR count). The van der Waals surface area contributed by atoms with Gasteiger partial charge in [0.25, 0.3) is 5.91 Å². The lowest BCUT2D eigenvalue weighted by Crippen LogP contribution is -2.31. The maximum atomic E-state index is 11.8. The van der Waals surface area contributed by atoms with Crippen LogP contribution < -0.4 is 15.0 Å². The Bertz CT molecular complexity index is 1560. The van der Waals surface area contributed by atoms with Crippen molar-refractivity contribution in [2.45, 2.75) is 19.4 Å². The summed E-state index contributed by atoms with van der Waals surface area (Å²) in [5.41, 5.74) is 4.92. The second-order valence-electron chi connectivity index (χ2n) is 8.99. The van der Waals surface area contributed by atoms with E-state index in [9.17, 15) is 9.59 Å². The van der Waals surface area contributed by atoms with Crippen molar-refractivity contribution in [2.75, 3.05) is 25.1 Å². The van der Waals surface area contributed by atoms with Crippen LogP contribution in [0.15, 0.2) is 73.1 Å². The number of fused-ring (bicyclic) bond motifs is 2. The Balaban J connectivity index is 0.000000160. The number of aromatic nitrogens is 3. The van der Waals surface area contributed by atoms with Gasteiger partial charge in [-0.3, -0.25) is 14.6 Å². The summed E-state index contributed by atoms with van der Waals surface area (Å²) in [6.45, 7) is 1.61. The molecule has 39 heavy (non-hydrogen) atoms. The van der Waals surface area contributed by atoms with Gasteiger partial charge in [-0.25, -0.2) is 4.68 Å². The minimum atomic E-state index is -0.134. The Hall–Kier alpha value is -4.61. The molecule has 0 aliphatic carbocycles. The second kappa shape index (κ2) is 11.8. The molecule has 0 radical (unpaired) electrons. The van der Waals surface area contributed by atoms with E-state index in [-0.39, 0.29) is 11.8 Å². The Kier molecular flexibility index (Phi) is 7.90. The number of carbonyl (C=O) groups excluding carboxylic acids is 2. The highest BCUT2D eigenvalue weighted by Crippen LogP contribution is 2.31. The number of benzene rings is 2. The number of nitrogens with one attached hydrogen (secondary N) is 1. The molecule has 0 unspecified atom stereocenters. The lowest BCUT2D eigenvalue weighted by molar-refractivity contribution is -0.118. The molecule has 4 heterocycles. The average molecular weight is 540 g/mol. The van der Waals surface area contributed by atoms with Crippen LogP contribution in [0.25, 0.3) is 0 Å². The number of rotatable bonds is 2. The largest absolute Gasteiger partial charge is 0.491 e. The van der Waals surface area contributed by atoms with Crippen LogP contribution in [0, 0.1) is 11.8 Å². The van der Waals surface area contributed by atoms with Gasteiger partial charge in [-0.05, 0) is 42.3 Å². The zero-order chi connectivity index (χ0) is 27.2. The van der Waals surface area contributed by atoms with E-state index >= 15 is 0 Å². The van der Waals surface area contributed by atoms with Gasteiger partial charge in [0.05, 0.1) is 25.3 Å². The molecule has 0 atom stereocenters. The lowest BCUT2D eigenvalue weighted by Gasteiger charge is -2.16. The van der Waals surface area contributed by atoms with Crippen LogP contribution in [0.5, 0.6) is 5.75 Å². The quantitative estimate of drug-likeness (QED) is 0.387. The Labute approximate surface area is 231 Å². The number of nitrogens with zero attached hydrogens (tertiary/aromatic N) is 4. The molecule has 2 aromatic heterocycles. The van der Waals surface area contributed by atoms with Gasteiger partial charge in [0.1, 0.15) is 10.9 Å². The molecule has 8 nitrogen and oxygen atoms in total. The first kappa shape index (κ1) is 26.0. The molecule has 196 valence electrons. The van der Waals surface area contributed by atoms with E-state index in [1.807, 2.05) is 60.7 Å². The molecule has 0 saturated carbocycles. The number of carbonyl (C=O) groups is 2. The van der Waals surface area contributed by atoms with Crippen molar-refractivity contribution < 1.29 is 14.3 Å². The third-order valence-electron chi connectivity index (χ3n) is 6.31. The number of ether oxygens (including phenoxy) is 1. The molecule has 2 aliphatic heterocycles. The molecule has 9 heteroatoms. The summed E-state index contributed by atoms with van der Waals surface area (Å²) < 4.78 is 7.33. The second-order valence-corrected chi connectivity index (χ2v) is 9.35. The number of hydrogen-bond acceptors (Lipinski definition) is 5. The van der Waals surface area contributed by atoms with Gasteiger partial charge in [0.2, 0.25) is 5.91 Å². The summed E-state index contributed by atoms with van der Waals surface area (Å²) in [7, 11) is 1.76. The van der Waals surface area contributed by atoms with Crippen molar-refractivity contribution in [2.24, 2.45) is 0 Å². The minimum absolute atomic E-state index is 0.0583. The summed E-state index contributed by atoms with van der Waals surface area (Å²) in [5.74, 6) is 6.76. The van der Waals surface area contributed by atoms with E-state index in [1.165, 1.54) is 0 Å². The van der Waals surface area contributed by atoms with Crippen LogP contribution >= 0.6 is 11.6 Å². The summed E-state index contributed by atoms with van der Waals surface area (Å²) in [5, 5.41) is 7.64. The highest BCUT2D eigenvalue weighted by atomic mass is 35.5. The topological polar surface area (TPSA) is 89.3 Å². The third kappa shape index (κ3) is 6.11. The summed E-state index contributed by atoms with van der Waals surface area (Å²) in [6, 6.07) is 19.3. The number of halogens is 1. The number of pyridine rings is 1. The predicted molar refractivity (Wildman–Crippen MR) is 149 cm³/mol. The van der Waals surface area contributed by atoms with Gasteiger partial charge >= 0.3 is 0 Å². The van der Waals surface area contributed by atoms with E-state index in [1.54, 1.807) is 29.0 Å². The molecule has 0 spiro atoms. The van der Waals surface area contributed by atoms with Crippen LogP contribution in [-0.2, 0) is 17.8 Å². The van der Waals surface area contributed by atoms with Crippen LogP contribution in [0.3, 0.4) is 0 Å². The van der Waals surface area contributed by atoms with E-state index in [4.69, 9.17) is 16.3 Å². The smallest absolute Gasteiger partial charge is 0.272 e.